The number of aromatic nitrogens is 4. The highest BCUT2D eigenvalue weighted by Crippen LogP contribution is 2.43. The van der Waals surface area contributed by atoms with E-state index in [0.29, 0.717) is 0 Å². The summed E-state index contributed by atoms with van der Waals surface area (Å²) in [6.07, 6.45) is -1.01. The fraction of sp³-hybridized carbons (Fsp3) is 0.222. The van der Waals surface area contributed by atoms with E-state index in [0.717, 1.165) is 17.1 Å². The molecule has 232 valence electrons. The SMILES string of the molecule is C=CC/C(=C\C=C/Cn1nc(C(F)(F)F)c(Cl)c1COc1cnc(C(=O)O)cn1)C(=O)N(C)c1ccc2c(c1)OC(F)(F)O2. The van der Waals surface area contributed by atoms with Crippen LogP contribution in [0.5, 0.6) is 17.4 Å². The fourth-order valence-electron chi connectivity index (χ4n) is 3.79. The number of amides is 1. The van der Waals surface area contributed by atoms with E-state index >= 15 is 0 Å². The molecule has 1 amide bonds. The number of halogens is 6. The summed E-state index contributed by atoms with van der Waals surface area (Å²) in [4.78, 5) is 32.6. The van der Waals surface area contributed by atoms with Crippen LogP contribution in [-0.4, -0.2) is 50.1 Å². The molecule has 0 fully saturated rings. The van der Waals surface area contributed by atoms with Gasteiger partial charge in [0.25, 0.3) is 5.91 Å². The van der Waals surface area contributed by atoms with Gasteiger partial charge in [-0.05, 0) is 18.6 Å². The van der Waals surface area contributed by atoms with E-state index in [2.05, 4.69) is 31.1 Å². The van der Waals surface area contributed by atoms with Crippen molar-refractivity contribution in [1.82, 2.24) is 19.7 Å². The highest BCUT2D eigenvalue weighted by Gasteiger charge is 2.43. The summed E-state index contributed by atoms with van der Waals surface area (Å²) >= 11 is 5.98. The maximum atomic E-state index is 13.5. The number of anilines is 1. The Morgan fingerprint density at radius 1 is 1.20 bits per heavy atom. The monoisotopic (exact) mass is 641 g/mol. The van der Waals surface area contributed by atoms with Gasteiger partial charge in [0.15, 0.2) is 22.9 Å². The highest BCUT2D eigenvalue weighted by molar-refractivity contribution is 6.32. The molecule has 11 nitrogen and oxygen atoms in total. The largest absolute Gasteiger partial charge is 0.586 e. The molecular weight excluding hydrogens is 621 g/mol. The van der Waals surface area contributed by atoms with E-state index in [4.69, 9.17) is 21.4 Å². The molecule has 0 saturated heterocycles. The first kappa shape index (κ1) is 31.9. The lowest BCUT2D eigenvalue weighted by atomic mass is 10.1. The van der Waals surface area contributed by atoms with Gasteiger partial charge in [-0.3, -0.25) is 9.48 Å². The van der Waals surface area contributed by atoms with Crippen LogP contribution in [0.15, 0.2) is 67.0 Å². The minimum Gasteiger partial charge on any atom is -0.476 e. The Morgan fingerprint density at radius 3 is 2.57 bits per heavy atom. The Balaban J connectivity index is 1.50. The molecular formula is C27H21ClF5N5O6. The smallest absolute Gasteiger partial charge is 0.476 e. The fourth-order valence-corrected chi connectivity index (χ4v) is 4.09. The molecule has 0 bridgehead atoms. The second kappa shape index (κ2) is 12.7. The first-order valence-electron chi connectivity index (χ1n) is 12.3. The molecule has 0 spiro atoms. The summed E-state index contributed by atoms with van der Waals surface area (Å²) in [5, 5.41) is 11.8. The van der Waals surface area contributed by atoms with Crippen LogP contribution in [0.25, 0.3) is 0 Å². The van der Waals surface area contributed by atoms with Gasteiger partial charge < -0.3 is 24.2 Å². The summed E-state index contributed by atoms with van der Waals surface area (Å²) < 4.78 is 82.3. The van der Waals surface area contributed by atoms with Crippen molar-refractivity contribution < 1.29 is 50.9 Å². The third-order valence-electron chi connectivity index (χ3n) is 5.89. The van der Waals surface area contributed by atoms with E-state index in [-0.39, 0.29) is 53.0 Å². The van der Waals surface area contributed by atoms with Gasteiger partial charge >= 0.3 is 18.4 Å². The Hall–Kier alpha value is -4.99. The summed E-state index contributed by atoms with van der Waals surface area (Å²) in [5.74, 6) is -2.46. The molecule has 17 heteroatoms. The van der Waals surface area contributed by atoms with E-state index < -0.39 is 41.7 Å². The van der Waals surface area contributed by atoms with Gasteiger partial charge in [-0.2, -0.15) is 18.3 Å². The van der Waals surface area contributed by atoms with Gasteiger partial charge in [-0.15, -0.1) is 15.4 Å². The normalized spacial score (nSPS) is 14.1. The van der Waals surface area contributed by atoms with E-state index in [1.54, 1.807) is 0 Å². The number of likely N-dealkylation sites (N-methyl/N-ethyl adjacent to an activating group) is 1. The molecule has 0 aliphatic carbocycles. The van der Waals surface area contributed by atoms with Crippen LogP contribution < -0.4 is 19.1 Å². The van der Waals surface area contributed by atoms with Crippen molar-refractivity contribution in [2.45, 2.75) is 32.0 Å². The van der Waals surface area contributed by atoms with Crippen molar-refractivity contribution in [1.29, 1.82) is 0 Å². The molecule has 1 aliphatic rings. The van der Waals surface area contributed by atoms with Gasteiger partial charge in [0.05, 0.1) is 29.7 Å². The van der Waals surface area contributed by atoms with Crippen molar-refractivity contribution in [3.05, 3.63) is 89.2 Å². The van der Waals surface area contributed by atoms with E-state index in [1.807, 2.05) is 0 Å². The second-order valence-corrected chi connectivity index (χ2v) is 9.28. The first-order chi connectivity index (χ1) is 20.7. The van der Waals surface area contributed by atoms with Gasteiger partial charge in [0.1, 0.15) is 6.61 Å². The minimum atomic E-state index is -4.87. The number of rotatable bonds is 11. The van der Waals surface area contributed by atoms with Crippen LogP contribution >= 0.6 is 11.6 Å². The molecule has 0 atom stereocenters. The number of benzene rings is 1. The van der Waals surface area contributed by atoms with Gasteiger partial charge in [0, 0.05) is 24.4 Å². The zero-order chi connectivity index (χ0) is 32.2. The van der Waals surface area contributed by atoms with Crippen molar-refractivity contribution in [2.75, 3.05) is 11.9 Å². The molecule has 1 aromatic carbocycles. The zero-order valence-corrected chi connectivity index (χ0v) is 23.3. The van der Waals surface area contributed by atoms with Crippen molar-refractivity contribution >= 4 is 29.2 Å². The van der Waals surface area contributed by atoms with Crippen LogP contribution in [0, 0.1) is 0 Å². The quantitative estimate of drug-likeness (QED) is 0.122. The molecule has 3 heterocycles. The Kier molecular flexibility index (Phi) is 9.22. The molecule has 1 N–H and O–H groups in total. The number of fused-ring (bicyclic) bond motifs is 1. The number of carboxylic acid groups (broad SMARTS) is 1. The Labute approximate surface area is 250 Å². The molecule has 0 saturated carbocycles. The molecule has 0 radical (unpaired) electrons. The molecule has 0 unspecified atom stereocenters. The van der Waals surface area contributed by atoms with Crippen LogP contribution in [0.1, 0.15) is 28.3 Å². The summed E-state index contributed by atoms with van der Waals surface area (Å²) in [7, 11) is 1.41. The predicted octanol–water partition coefficient (Wildman–Crippen LogP) is 5.67. The molecule has 1 aliphatic heterocycles. The Morgan fingerprint density at radius 2 is 1.93 bits per heavy atom. The number of hydrogen-bond donors (Lipinski definition) is 1. The number of ether oxygens (including phenoxy) is 3. The standard InChI is InChI=1S/C27H21ClF5N5O6/c1-3-6-15(24(39)37(2)16-8-9-19-20(11-16)44-27(32,33)43-19)7-4-5-10-38-18(22(28)23(36-38)26(29,30)31)14-42-21-13-34-17(12-35-21)25(40)41/h3-5,7-9,11-13H,1,6,10,14H2,2H3,(H,40,41)/b5-4-,15-7+. The van der Waals surface area contributed by atoms with Crippen LogP contribution in [0.3, 0.4) is 0 Å². The zero-order valence-electron chi connectivity index (χ0n) is 22.5. The predicted molar refractivity (Wildman–Crippen MR) is 144 cm³/mol. The van der Waals surface area contributed by atoms with Crippen LogP contribution in [0.2, 0.25) is 5.02 Å². The number of aromatic carboxylic acids is 1. The van der Waals surface area contributed by atoms with Crippen LogP contribution in [0.4, 0.5) is 27.6 Å². The number of carbonyl (C=O) groups is 2. The second-order valence-electron chi connectivity index (χ2n) is 8.90. The van der Waals surface area contributed by atoms with E-state index in [9.17, 15) is 31.5 Å². The molecule has 4 rings (SSSR count). The average Bonchev–Trinajstić information content (AvgIpc) is 3.46. The molecule has 2 aromatic heterocycles. The lowest BCUT2D eigenvalue weighted by Gasteiger charge is -2.19. The topological polar surface area (TPSA) is 129 Å². The van der Waals surface area contributed by atoms with Gasteiger partial charge in [0.2, 0.25) is 5.88 Å². The summed E-state index contributed by atoms with van der Waals surface area (Å²) in [6, 6.07) is 3.83. The maximum absolute atomic E-state index is 13.5. The minimum absolute atomic E-state index is 0.1000. The van der Waals surface area contributed by atoms with Crippen molar-refractivity contribution in [3.8, 4) is 17.4 Å². The molecule has 44 heavy (non-hydrogen) atoms. The third-order valence-corrected chi connectivity index (χ3v) is 6.29. The van der Waals surface area contributed by atoms with Gasteiger partial charge in [-0.25, -0.2) is 14.8 Å². The number of carboxylic acids is 1. The maximum Gasteiger partial charge on any atom is 0.586 e. The number of allylic oxidation sites excluding steroid dienone is 4. The van der Waals surface area contributed by atoms with E-state index in [1.165, 1.54) is 54.5 Å². The average molecular weight is 642 g/mol. The lowest BCUT2D eigenvalue weighted by Crippen LogP contribution is -2.27. The number of nitrogens with zero attached hydrogens (tertiary/aromatic N) is 5. The first-order valence-corrected chi connectivity index (χ1v) is 12.7. The Bertz CT molecular complexity index is 1640. The summed E-state index contributed by atoms with van der Waals surface area (Å²) in [6.45, 7) is 2.88. The highest BCUT2D eigenvalue weighted by atomic mass is 35.5. The van der Waals surface area contributed by atoms with Crippen molar-refractivity contribution in [2.24, 2.45) is 0 Å². The number of hydrogen-bond acceptors (Lipinski definition) is 8. The summed E-state index contributed by atoms with van der Waals surface area (Å²) in [5.41, 5.74) is -1.43. The number of alkyl halides is 5. The van der Waals surface area contributed by atoms with Crippen molar-refractivity contribution in [3.63, 3.8) is 0 Å². The van der Waals surface area contributed by atoms with Gasteiger partial charge in [-0.1, -0.05) is 35.9 Å². The number of carbonyl (C=O) groups excluding carboxylic acids is 1. The molecule has 3 aromatic rings. The third kappa shape index (κ3) is 7.31. The lowest BCUT2D eigenvalue weighted by molar-refractivity contribution is -0.286. The van der Waals surface area contributed by atoms with Crippen LogP contribution in [-0.2, 0) is 24.1 Å².